The maximum absolute atomic E-state index is 12.1. The summed E-state index contributed by atoms with van der Waals surface area (Å²) in [6.45, 7) is 1.82. The molecule has 7 nitrogen and oxygen atoms in total. The molecule has 0 saturated carbocycles. The first kappa shape index (κ1) is 16.7. The SMILES string of the molecule is COc1ccc(NC(=O)CN2CC(c3nc(-c4cccs4)no3)C2)cc1. The molecule has 26 heavy (non-hydrogen) atoms. The van der Waals surface area contributed by atoms with Gasteiger partial charge >= 0.3 is 0 Å². The van der Waals surface area contributed by atoms with Crippen LogP contribution in [0, 0.1) is 0 Å². The number of thiophene rings is 1. The Morgan fingerprint density at radius 2 is 2.15 bits per heavy atom. The Balaban J connectivity index is 1.26. The summed E-state index contributed by atoms with van der Waals surface area (Å²) < 4.78 is 10.5. The van der Waals surface area contributed by atoms with Crippen molar-refractivity contribution in [2.45, 2.75) is 5.92 Å². The normalized spacial score (nSPS) is 14.8. The van der Waals surface area contributed by atoms with Crippen LogP contribution in [0.15, 0.2) is 46.3 Å². The van der Waals surface area contributed by atoms with Crippen LogP contribution in [0.3, 0.4) is 0 Å². The average molecular weight is 370 g/mol. The van der Waals surface area contributed by atoms with Crippen molar-refractivity contribution in [1.29, 1.82) is 0 Å². The lowest BCUT2D eigenvalue weighted by atomic mass is 10.0. The summed E-state index contributed by atoms with van der Waals surface area (Å²) in [5, 5.41) is 8.90. The Morgan fingerprint density at radius 3 is 2.85 bits per heavy atom. The fraction of sp³-hybridized carbons (Fsp3) is 0.278. The van der Waals surface area contributed by atoms with Gasteiger partial charge < -0.3 is 14.6 Å². The zero-order valence-corrected chi connectivity index (χ0v) is 15.0. The summed E-state index contributed by atoms with van der Waals surface area (Å²) in [7, 11) is 1.61. The molecule has 1 aliphatic heterocycles. The number of rotatable bonds is 6. The number of benzene rings is 1. The lowest BCUT2D eigenvalue weighted by Crippen LogP contribution is -2.48. The Kier molecular flexibility index (Phi) is 4.68. The monoisotopic (exact) mass is 370 g/mol. The van der Waals surface area contributed by atoms with Crippen molar-refractivity contribution in [3.63, 3.8) is 0 Å². The van der Waals surface area contributed by atoms with E-state index in [1.165, 1.54) is 0 Å². The van der Waals surface area contributed by atoms with Gasteiger partial charge in [0.2, 0.25) is 17.6 Å². The predicted molar refractivity (Wildman–Crippen MR) is 98.4 cm³/mol. The van der Waals surface area contributed by atoms with Crippen LogP contribution in [0.25, 0.3) is 10.7 Å². The summed E-state index contributed by atoms with van der Waals surface area (Å²) in [4.78, 5) is 19.7. The van der Waals surface area contributed by atoms with Crippen LogP contribution in [-0.2, 0) is 4.79 Å². The van der Waals surface area contributed by atoms with Crippen molar-refractivity contribution in [3.05, 3.63) is 47.7 Å². The average Bonchev–Trinajstić information content (AvgIpc) is 3.29. The minimum atomic E-state index is -0.0431. The first-order valence-electron chi connectivity index (χ1n) is 8.25. The van der Waals surface area contributed by atoms with E-state index in [1.807, 2.05) is 41.8 Å². The van der Waals surface area contributed by atoms with Crippen molar-refractivity contribution in [3.8, 4) is 16.5 Å². The minimum Gasteiger partial charge on any atom is -0.497 e. The highest BCUT2D eigenvalue weighted by Gasteiger charge is 2.33. The molecule has 1 aliphatic rings. The van der Waals surface area contributed by atoms with Crippen molar-refractivity contribution >= 4 is 22.9 Å². The van der Waals surface area contributed by atoms with Crippen LogP contribution >= 0.6 is 11.3 Å². The van der Waals surface area contributed by atoms with Crippen LogP contribution < -0.4 is 10.1 Å². The molecule has 2 aromatic heterocycles. The molecule has 1 N–H and O–H groups in total. The molecule has 0 bridgehead atoms. The van der Waals surface area contributed by atoms with Gasteiger partial charge in [0, 0.05) is 18.8 Å². The number of ether oxygens (including phenoxy) is 1. The molecule has 4 rings (SSSR count). The first-order valence-corrected chi connectivity index (χ1v) is 9.13. The summed E-state index contributed by atoms with van der Waals surface area (Å²) in [5.41, 5.74) is 0.755. The Morgan fingerprint density at radius 1 is 1.35 bits per heavy atom. The second-order valence-corrected chi connectivity index (χ2v) is 7.05. The van der Waals surface area contributed by atoms with E-state index in [2.05, 4.69) is 20.4 Å². The molecule has 1 saturated heterocycles. The summed E-state index contributed by atoms with van der Waals surface area (Å²) in [6.07, 6.45) is 0. The van der Waals surface area contributed by atoms with Gasteiger partial charge in [0.25, 0.3) is 0 Å². The van der Waals surface area contributed by atoms with Gasteiger partial charge in [0.1, 0.15) is 5.75 Å². The third-order valence-electron chi connectivity index (χ3n) is 4.23. The number of hydrogen-bond donors (Lipinski definition) is 1. The molecule has 0 unspecified atom stereocenters. The topological polar surface area (TPSA) is 80.5 Å². The molecule has 1 aromatic carbocycles. The molecule has 1 fully saturated rings. The number of nitrogens with zero attached hydrogens (tertiary/aromatic N) is 3. The number of methoxy groups -OCH3 is 1. The Bertz CT molecular complexity index is 870. The van der Waals surface area contributed by atoms with E-state index in [0.29, 0.717) is 18.3 Å². The quantitative estimate of drug-likeness (QED) is 0.719. The zero-order chi connectivity index (χ0) is 17.9. The van der Waals surface area contributed by atoms with Crippen LogP contribution in [0.4, 0.5) is 5.69 Å². The minimum absolute atomic E-state index is 0.0431. The maximum atomic E-state index is 12.1. The highest BCUT2D eigenvalue weighted by Crippen LogP contribution is 2.28. The molecular formula is C18H18N4O3S. The van der Waals surface area contributed by atoms with Gasteiger partial charge in [-0.05, 0) is 35.7 Å². The summed E-state index contributed by atoms with van der Waals surface area (Å²) in [5.74, 6) is 2.17. The van der Waals surface area contributed by atoms with Gasteiger partial charge in [-0.3, -0.25) is 9.69 Å². The second-order valence-electron chi connectivity index (χ2n) is 6.10. The van der Waals surface area contributed by atoms with E-state index in [9.17, 15) is 4.79 Å². The highest BCUT2D eigenvalue weighted by atomic mass is 32.1. The molecule has 0 aliphatic carbocycles. The van der Waals surface area contributed by atoms with Crippen molar-refractivity contribution < 1.29 is 14.1 Å². The van der Waals surface area contributed by atoms with Gasteiger partial charge in [0.15, 0.2) is 0 Å². The molecule has 0 atom stereocenters. The highest BCUT2D eigenvalue weighted by molar-refractivity contribution is 7.13. The Labute approximate surface area is 154 Å². The molecular weight excluding hydrogens is 352 g/mol. The number of likely N-dealkylation sites (tertiary alicyclic amines) is 1. The number of aromatic nitrogens is 2. The molecule has 0 radical (unpaired) electrons. The van der Waals surface area contributed by atoms with Crippen molar-refractivity contribution in [2.24, 2.45) is 0 Å². The standard InChI is InChI=1S/C18H18N4O3S/c1-24-14-6-4-13(5-7-14)19-16(23)11-22-9-12(10-22)18-20-17(21-25-18)15-3-2-8-26-15/h2-8,12H,9-11H2,1H3,(H,19,23). The lowest BCUT2D eigenvalue weighted by Gasteiger charge is -2.36. The number of amides is 1. The number of carbonyl (C=O) groups excluding carboxylic acids is 1. The zero-order valence-electron chi connectivity index (χ0n) is 14.2. The second kappa shape index (κ2) is 7.27. The number of carbonyl (C=O) groups is 1. The molecule has 3 heterocycles. The molecule has 0 spiro atoms. The maximum Gasteiger partial charge on any atom is 0.238 e. The Hall–Kier alpha value is -2.71. The number of anilines is 1. The van der Waals surface area contributed by atoms with Crippen LogP contribution in [0.2, 0.25) is 0 Å². The third-order valence-corrected chi connectivity index (χ3v) is 5.10. The summed E-state index contributed by atoms with van der Waals surface area (Å²) >= 11 is 1.58. The van der Waals surface area contributed by atoms with E-state index >= 15 is 0 Å². The van der Waals surface area contributed by atoms with E-state index < -0.39 is 0 Å². The molecule has 8 heteroatoms. The first-order chi connectivity index (χ1) is 12.7. The fourth-order valence-corrected chi connectivity index (χ4v) is 3.49. The number of nitrogens with one attached hydrogen (secondary N) is 1. The van der Waals surface area contributed by atoms with Gasteiger partial charge in [-0.1, -0.05) is 11.2 Å². The van der Waals surface area contributed by atoms with Crippen LogP contribution in [-0.4, -0.2) is 47.7 Å². The fourth-order valence-electron chi connectivity index (χ4n) is 2.84. The molecule has 134 valence electrons. The van der Waals surface area contributed by atoms with E-state index in [1.54, 1.807) is 18.4 Å². The van der Waals surface area contributed by atoms with Gasteiger partial charge in [-0.2, -0.15) is 4.98 Å². The molecule has 1 amide bonds. The smallest absolute Gasteiger partial charge is 0.238 e. The van der Waals surface area contributed by atoms with Crippen molar-refractivity contribution in [2.75, 3.05) is 32.1 Å². The summed E-state index contributed by atoms with van der Waals surface area (Å²) in [6, 6.07) is 11.2. The predicted octanol–water partition coefficient (Wildman–Crippen LogP) is 2.84. The van der Waals surface area contributed by atoms with Gasteiger partial charge in [-0.15, -0.1) is 11.3 Å². The number of hydrogen-bond acceptors (Lipinski definition) is 7. The van der Waals surface area contributed by atoms with E-state index in [0.717, 1.165) is 29.4 Å². The van der Waals surface area contributed by atoms with Crippen LogP contribution in [0.5, 0.6) is 5.75 Å². The lowest BCUT2D eigenvalue weighted by molar-refractivity contribution is -0.118. The van der Waals surface area contributed by atoms with Crippen LogP contribution in [0.1, 0.15) is 11.8 Å². The molecule has 3 aromatic rings. The van der Waals surface area contributed by atoms with Gasteiger partial charge in [-0.25, -0.2) is 0 Å². The van der Waals surface area contributed by atoms with Gasteiger partial charge in [0.05, 0.1) is 24.4 Å². The third kappa shape index (κ3) is 3.61. The van der Waals surface area contributed by atoms with E-state index in [4.69, 9.17) is 9.26 Å². The van der Waals surface area contributed by atoms with E-state index in [-0.39, 0.29) is 11.8 Å². The largest absolute Gasteiger partial charge is 0.497 e. The van der Waals surface area contributed by atoms with Crippen molar-refractivity contribution in [1.82, 2.24) is 15.0 Å².